The number of aromatic amines is 1. The molecule has 3 nitrogen and oxygen atoms in total. The summed E-state index contributed by atoms with van der Waals surface area (Å²) in [6, 6.07) is 7.89. The van der Waals surface area contributed by atoms with Crippen molar-refractivity contribution in [1.82, 2.24) is 0 Å². The third-order valence-corrected chi connectivity index (χ3v) is 3.98. The van der Waals surface area contributed by atoms with Gasteiger partial charge in [-0.3, -0.25) is 4.79 Å². The molecular formula is C15H19ClN2OS. The number of carbonyl (C=O) groups is 1. The zero-order chi connectivity index (χ0) is 13.7. The van der Waals surface area contributed by atoms with E-state index in [0.29, 0.717) is 6.42 Å². The van der Waals surface area contributed by atoms with E-state index < -0.39 is 0 Å². The lowest BCUT2D eigenvalue weighted by Crippen LogP contribution is -3.00. The van der Waals surface area contributed by atoms with Crippen molar-refractivity contribution in [2.24, 2.45) is 0 Å². The fourth-order valence-corrected chi connectivity index (χ4v) is 2.72. The van der Waals surface area contributed by atoms with Crippen molar-refractivity contribution in [2.75, 3.05) is 18.0 Å². The normalized spacial score (nSPS) is 9.90. The van der Waals surface area contributed by atoms with E-state index >= 15 is 0 Å². The highest BCUT2D eigenvalue weighted by Gasteiger charge is 2.12. The second-order valence-electron chi connectivity index (χ2n) is 4.31. The number of hydrogen-bond acceptors (Lipinski definition) is 3. The van der Waals surface area contributed by atoms with Crippen molar-refractivity contribution in [2.45, 2.75) is 20.3 Å². The molecule has 0 aliphatic heterocycles. The molecule has 1 heterocycles. The van der Waals surface area contributed by atoms with Crippen LogP contribution in [-0.4, -0.2) is 18.9 Å². The highest BCUT2D eigenvalue weighted by molar-refractivity contribution is 7.09. The molecule has 1 N–H and O–H groups in total. The first-order valence-electron chi connectivity index (χ1n) is 6.56. The first kappa shape index (κ1) is 16.7. The molecule has 20 heavy (non-hydrogen) atoms. The molecule has 1 aromatic carbocycles. The van der Waals surface area contributed by atoms with Crippen LogP contribution >= 0.6 is 11.3 Å². The van der Waals surface area contributed by atoms with Gasteiger partial charge in [-0.1, -0.05) is 11.3 Å². The Balaban J connectivity index is 0.00000200. The van der Waals surface area contributed by atoms with Crippen LogP contribution in [0.15, 0.2) is 35.8 Å². The van der Waals surface area contributed by atoms with Crippen LogP contribution in [0.5, 0.6) is 0 Å². The van der Waals surface area contributed by atoms with Gasteiger partial charge in [-0.15, -0.1) is 0 Å². The van der Waals surface area contributed by atoms with Gasteiger partial charge in [0.2, 0.25) is 5.01 Å². The van der Waals surface area contributed by atoms with Gasteiger partial charge in [0.25, 0.3) is 0 Å². The number of H-pyrrole nitrogens is 1. The number of rotatable bonds is 6. The lowest BCUT2D eigenvalue weighted by atomic mass is 10.1. The van der Waals surface area contributed by atoms with Gasteiger partial charge < -0.3 is 17.3 Å². The van der Waals surface area contributed by atoms with Crippen molar-refractivity contribution < 1.29 is 22.2 Å². The first-order valence-corrected chi connectivity index (χ1v) is 7.44. The SMILES string of the molecule is CCN(CC)c1ccc(C(=O)Cc2[nH+]ccs2)cc1.[Cl-]. The Morgan fingerprint density at radius 3 is 2.35 bits per heavy atom. The van der Waals surface area contributed by atoms with Crippen LogP contribution in [0.25, 0.3) is 0 Å². The summed E-state index contributed by atoms with van der Waals surface area (Å²) < 4.78 is 0. The number of hydrogen-bond donors (Lipinski definition) is 0. The van der Waals surface area contributed by atoms with E-state index in [9.17, 15) is 4.79 Å². The standard InChI is InChI=1S/C15H18N2OS.ClH/c1-3-17(4-2)13-7-5-12(6-8-13)14(18)11-15-16-9-10-19-15;/h5-10H,3-4,11H2,1-2H3;1H. The molecule has 1 aromatic heterocycles. The number of anilines is 1. The average molecular weight is 311 g/mol. The molecule has 0 fully saturated rings. The van der Waals surface area contributed by atoms with E-state index in [1.165, 1.54) is 5.69 Å². The Hall–Kier alpha value is -1.39. The van der Waals surface area contributed by atoms with Crippen LogP contribution < -0.4 is 22.3 Å². The number of aromatic nitrogens is 1. The van der Waals surface area contributed by atoms with E-state index in [1.54, 1.807) is 11.3 Å². The van der Waals surface area contributed by atoms with Crippen molar-refractivity contribution in [3.63, 3.8) is 0 Å². The summed E-state index contributed by atoms with van der Waals surface area (Å²) in [5, 5.41) is 2.95. The molecule has 0 unspecified atom stereocenters. The Bertz CT molecular complexity index is 521. The molecule has 0 aliphatic carbocycles. The van der Waals surface area contributed by atoms with Crippen molar-refractivity contribution in [1.29, 1.82) is 0 Å². The molecule has 0 saturated heterocycles. The van der Waals surface area contributed by atoms with Crippen LogP contribution in [-0.2, 0) is 6.42 Å². The molecule has 0 atom stereocenters. The summed E-state index contributed by atoms with van der Waals surface area (Å²) in [7, 11) is 0. The van der Waals surface area contributed by atoms with Gasteiger partial charge in [0.1, 0.15) is 6.42 Å². The highest BCUT2D eigenvalue weighted by atomic mass is 35.5. The topological polar surface area (TPSA) is 34.5 Å². The zero-order valence-corrected chi connectivity index (χ0v) is 13.3. The van der Waals surface area contributed by atoms with Gasteiger partial charge >= 0.3 is 0 Å². The molecule has 0 saturated carbocycles. The van der Waals surface area contributed by atoms with E-state index in [0.717, 1.165) is 23.7 Å². The molecule has 0 aliphatic rings. The smallest absolute Gasteiger partial charge is 0.243 e. The monoisotopic (exact) mass is 310 g/mol. The molecule has 2 aromatic rings. The lowest BCUT2D eigenvalue weighted by molar-refractivity contribution is -0.381. The molecule has 2 rings (SSSR count). The summed E-state index contributed by atoms with van der Waals surface area (Å²) >= 11 is 1.58. The number of carbonyl (C=O) groups excluding carboxylic acids is 1. The minimum absolute atomic E-state index is 0. The van der Waals surface area contributed by atoms with Crippen molar-refractivity contribution in [3.8, 4) is 0 Å². The van der Waals surface area contributed by atoms with Crippen LogP contribution in [0.1, 0.15) is 29.2 Å². The number of halogens is 1. The minimum atomic E-state index is 0. The molecule has 108 valence electrons. The number of thiazole rings is 1. The largest absolute Gasteiger partial charge is 1.00 e. The molecule has 0 spiro atoms. The quantitative estimate of drug-likeness (QED) is 0.695. The molecule has 0 bridgehead atoms. The molecular weight excluding hydrogens is 292 g/mol. The summed E-state index contributed by atoms with van der Waals surface area (Å²) in [4.78, 5) is 17.4. The van der Waals surface area contributed by atoms with Gasteiger partial charge in [-0.25, -0.2) is 4.98 Å². The van der Waals surface area contributed by atoms with Crippen molar-refractivity contribution in [3.05, 3.63) is 46.4 Å². The van der Waals surface area contributed by atoms with E-state index in [-0.39, 0.29) is 18.2 Å². The maximum absolute atomic E-state index is 12.1. The van der Waals surface area contributed by atoms with E-state index in [2.05, 4.69) is 23.7 Å². The van der Waals surface area contributed by atoms with Gasteiger partial charge in [-0.05, 0) is 38.1 Å². The second-order valence-corrected chi connectivity index (χ2v) is 5.31. The Kier molecular flexibility index (Phi) is 6.68. The maximum atomic E-state index is 12.1. The summed E-state index contributed by atoms with van der Waals surface area (Å²) in [5.74, 6) is 0.157. The van der Waals surface area contributed by atoms with Gasteiger partial charge in [0.05, 0.1) is 5.38 Å². The maximum Gasteiger partial charge on any atom is 0.243 e. The van der Waals surface area contributed by atoms with E-state index in [1.807, 2.05) is 35.8 Å². The zero-order valence-electron chi connectivity index (χ0n) is 11.7. The number of nitrogens with zero attached hydrogens (tertiary/aromatic N) is 1. The number of ketones is 1. The number of nitrogens with one attached hydrogen (secondary N) is 1. The third-order valence-electron chi connectivity index (χ3n) is 3.16. The third kappa shape index (κ3) is 4.05. The lowest BCUT2D eigenvalue weighted by Gasteiger charge is -2.20. The van der Waals surface area contributed by atoms with Crippen molar-refractivity contribution >= 4 is 22.8 Å². The number of Topliss-reactive ketones (excluding diaryl/α,β-unsaturated/α-hetero) is 1. The highest BCUT2D eigenvalue weighted by Crippen LogP contribution is 2.16. The summed E-state index contributed by atoms with van der Waals surface area (Å²) in [5.41, 5.74) is 1.95. The van der Waals surface area contributed by atoms with Gasteiger partial charge in [0.15, 0.2) is 12.0 Å². The van der Waals surface area contributed by atoms with Crippen LogP contribution in [0.3, 0.4) is 0 Å². The predicted octanol–water partition coefficient (Wildman–Crippen LogP) is -0.162. The fourth-order valence-electron chi connectivity index (χ4n) is 2.06. The molecule has 0 amide bonds. The number of benzene rings is 1. The van der Waals surface area contributed by atoms with Gasteiger partial charge in [0, 0.05) is 24.3 Å². The van der Waals surface area contributed by atoms with E-state index in [4.69, 9.17) is 0 Å². The Labute approximate surface area is 130 Å². The summed E-state index contributed by atoms with van der Waals surface area (Å²) in [6.45, 7) is 6.23. The van der Waals surface area contributed by atoms with Crippen LogP contribution in [0.4, 0.5) is 5.69 Å². The van der Waals surface area contributed by atoms with Crippen LogP contribution in [0, 0.1) is 0 Å². The molecule has 5 heteroatoms. The predicted molar refractivity (Wildman–Crippen MR) is 78.9 cm³/mol. The van der Waals surface area contributed by atoms with Gasteiger partial charge in [-0.2, -0.15) is 0 Å². The first-order chi connectivity index (χ1) is 9.24. The second kappa shape index (κ2) is 8.02. The van der Waals surface area contributed by atoms with Crippen LogP contribution in [0.2, 0.25) is 0 Å². The minimum Gasteiger partial charge on any atom is -1.00 e. The fraction of sp³-hybridized carbons (Fsp3) is 0.333. The molecule has 0 radical (unpaired) electrons. The Morgan fingerprint density at radius 2 is 1.85 bits per heavy atom. The average Bonchev–Trinajstić information content (AvgIpc) is 2.94. The summed E-state index contributed by atoms with van der Waals surface area (Å²) in [6.07, 6.45) is 2.30. The Morgan fingerprint density at radius 1 is 1.20 bits per heavy atom.